The van der Waals surface area contributed by atoms with Crippen molar-refractivity contribution in [3.05, 3.63) is 43.6 Å². The molecule has 0 saturated carbocycles. The summed E-state index contributed by atoms with van der Waals surface area (Å²) >= 11 is 0. The standard InChI is InChI=1S/C15H17N5/c1-3-5-12(4-2)20-9-11(8-19-20)14-13-6-7-16-15(13)18-10-17-14/h3,6-10,12H,1,4-5H2,2H3,(H,16,17,18). The van der Waals surface area contributed by atoms with Crippen molar-refractivity contribution in [3.8, 4) is 11.3 Å². The highest BCUT2D eigenvalue weighted by molar-refractivity contribution is 5.89. The van der Waals surface area contributed by atoms with Crippen LogP contribution >= 0.6 is 0 Å². The van der Waals surface area contributed by atoms with Gasteiger partial charge in [0.1, 0.15) is 12.0 Å². The van der Waals surface area contributed by atoms with Gasteiger partial charge in [-0.1, -0.05) is 13.0 Å². The molecule has 1 N–H and O–H groups in total. The third-order valence-corrected chi connectivity index (χ3v) is 3.51. The number of H-pyrrole nitrogens is 1. The van der Waals surface area contributed by atoms with Crippen molar-refractivity contribution < 1.29 is 0 Å². The fraction of sp³-hybridized carbons (Fsp3) is 0.267. The van der Waals surface area contributed by atoms with E-state index in [0.29, 0.717) is 6.04 Å². The molecule has 3 rings (SSSR count). The molecule has 0 aliphatic carbocycles. The monoisotopic (exact) mass is 267 g/mol. The molecule has 0 saturated heterocycles. The van der Waals surface area contributed by atoms with E-state index >= 15 is 0 Å². The van der Waals surface area contributed by atoms with Gasteiger partial charge in [0.2, 0.25) is 0 Å². The van der Waals surface area contributed by atoms with E-state index in [1.807, 2.05) is 35.4 Å². The molecule has 5 nitrogen and oxygen atoms in total. The topological polar surface area (TPSA) is 59.4 Å². The number of nitrogens with one attached hydrogen (secondary N) is 1. The van der Waals surface area contributed by atoms with Crippen molar-refractivity contribution in [1.29, 1.82) is 0 Å². The highest BCUT2D eigenvalue weighted by Crippen LogP contribution is 2.26. The summed E-state index contributed by atoms with van der Waals surface area (Å²) in [5, 5.41) is 5.49. The van der Waals surface area contributed by atoms with Gasteiger partial charge in [-0.15, -0.1) is 6.58 Å². The van der Waals surface area contributed by atoms with Crippen LogP contribution in [0, 0.1) is 0 Å². The van der Waals surface area contributed by atoms with E-state index < -0.39 is 0 Å². The number of rotatable bonds is 5. The van der Waals surface area contributed by atoms with Crippen LogP contribution in [0.1, 0.15) is 25.8 Å². The molecule has 0 radical (unpaired) electrons. The zero-order chi connectivity index (χ0) is 13.9. The molecular weight excluding hydrogens is 250 g/mol. The van der Waals surface area contributed by atoms with Crippen LogP contribution in [0.2, 0.25) is 0 Å². The molecule has 0 aromatic carbocycles. The van der Waals surface area contributed by atoms with Crippen LogP contribution in [0.5, 0.6) is 0 Å². The van der Waals surface area contributed by atoms with Crippen LogP contribution in [0.4, 0.5) is 0 Å². The van der Waals surface area contributed by atoms with Gasteiger partial charge in [-0.3, -0.25) is 4.68 Å². The first kappa shape index (κ1) is 12.6. The highest BCUT2D eigenvalue weighted by atomic mass is 15.3. The lowest BCUT2D eigenvalue weighted by molar-refractivity contribution is 0.445. The molecule has 0 bridgehead atoms. The summed E-state index contributed by atoms with van der Waals surface area (Å²) in [6.07, 6.45) is 11.2. The van der Waals surface area contributed by atoms with Gasteiger partial charge in [-0.05, 0) is 18.9 Å². The summed E-state index contributed by atoms with van der Waals surface area (Å²) in [5.41, 5.74) is 2.77. The molecule has 0 spiro atoms. The largest absolute Gasteiger partial charge is 0.346 e. The Balaban J connectivity index is 2.01. The summed E-state index contributed by atoms with van der Waals surface area (Å²) in [5.74, 6) is 0. The van der Waals surface area contributed by atoms with E-state index in [1.54, 1.807) is 6.33 Å². The Kier molecular flexibility index (Phi) is 3.33. The van der Waals surface area contributed by atoms with Crippen molar-refractivity contribution in [1.82, 2.24) is 24.7 Å². The van der Waals surface area contributed by atoms with Crippen molar-refractivity contribution in [2.75, 3.05) is 0 Å². The second-order valence-electron chi connectivity index (χ2n) is 4.76. The average molecular weight is 267 g/mol. The van der Waals surface area contributed by atoms with Crippen LogP contribution in [-0.4, -0.2) is 24.7 Å². The van der Waals surface area contributed by atoms with E-state index in [1.165, 1.54) is 0 Å². The fourth-order valence-corrected chi connectivity index (χ4v) is 2.42. The smallest absolute Gasteiger partial charge is 0.141 e. The molecule has 0 aliphatic rings. The van der Waals surface area contributed by atoms with Gasteiger partial charge in [-0.2, -0.15) is 5.10 Å². The lowest BCUT2D eigenvalue weighted by Gasteiger charge is -2.12. The van der Waals surface area contributed by atoms with Crippen molar-refractivity contribution in [3.63, 3.8) is 0 Å². The summed E-state index contributed by atoms with van der Waals surface area (Å²) in [7, 11) is 0. The third kappa shape index (κ3) is 2.11. The minimum absolute atomic E-state index is 0.352. The number of aromatic nitrogens is 5. The van der Waals surface area contributed by atoms with Gasteiger partial charge in [0.15, 0.2) is 0 Å². The minimum atomic E-state index is 0.352. The van der Waals surface area contributed by atoms with E-state index in [-0.39, 0.29) is 0 Å². The summed E-state index contributed by atoms with van der Waals surface area (Å²) in [4.78, 5) is 11.7. The zero-order valence-electron chi connectivity index (χ0n) is 11.5. The lowest BCUT2D eigenvalue weighted by atomic mass is 10.1. The predicted octanol–water partition coefficient (Wildman–Crippen LogP) is 3.35. The molecule has 3 aromatic heterocycles. The average Bonchev–Trinajstić information content (AvgIpc) is 3.12. The first-order chi connectivity index (χ1) is 9.83. The molecular formula is C15H17N5. The number of aromatic amines is 1. The second kappa shape index (κ2) is 5.28. The van der Waals surface area contributed by atoms with E-state index in [9.17, 15) is 0 Å². The van der Waals surface area contributed by atoms with Gasteiger partial charge in [0.05, 0.1) is 17.9 Å². The van der Waals surface area contributed by atoms with E-state index in [2.05, 4.69) is 33.6 Å². The molecule has 1 unspecified atom stereocenters. The zero-order valence-corrected chi connectivity index (χ0v) is 11.5. The van der Waals surface area contributed by atoms with Crippen LogP contribution in [0.3, 0.4) is 0 Å². The Morgan fingerprint density at radius 1 is 1.45 bits per heavy atom. The van der Waals surface area contributed by atoms with E-state index in [4.69, 9.17) is 0 Å². The maximum absolute atomic E-state index is 4.47. The van der Waals surface area contributed by atoms with Gasteiger partial charge in [0.25, 0.3) is 0 Å². The van der Waals surface area contributed by atoms with Gasteiger partial charge in [-0.25, -0.2) is 9.97 Å². The highest BCUT2D eigenvalue weighted by Gasteiger charge is 2.12. The Labute approximate surface area is 117 Å². The molecule has 0 fully saturated rings. The number of hydrogen-bond donors (Lipinski definition) is 1. The van der Waals surface area contributed by atoms with Crippen LogP contribution in [-0.2, 0) is 0 Å². The Hall–Kier alpha value is -2.43. The first-order valence-corrected chi connectivity index (χ1v) is 6.77. The fourth-order valence-electron chi connectivity index (χ4n) is 2.42. The van der Waals surface area contributed by atoms with Gasteiger partial charge in [0, 0.05) is 23.3 Å². The number of fused-ring (bicyclic) bond motifs is 1. The lowest BCUT2D eigenvalue weighted by Crippen LogP contribution is -2.07. The summed E-state index contributed by atoms with van der Waals surface area (Å²) in [6, 6.07) is 2.34. The Morgan fingerprint density at radius 3 is 3.15 bits per heavy atom. The second-order valence-corrected chi connectivity index (χ2v) is 4.76. The summed E-state index contributed by atoms with van der Waals surface area (Å²) < 4.78 is 2.00. The summed E-state index contributed by atoms with van der Waals surface area (Å²) in [6.45, 7) is 5.96. The molecule has 0 amide bonds. The Morgan fingerprint density at radius 2 is 2.35 bits per heavy atom. The van der Waals surface area contributed by atoms with Crippen molar-refractivity contribution in [2.24, 2.45) is 0 Å². The van der Waals surface area contributed by atoms with Gasteiger partial charge >= 0.3 is 0 Å². The molecule has 1 atom stereocenters. The number of hydrogen-bond acceptors (Lipinski definition) is 3. The quantitative estimate of drug-likeness (QED) is 0.721. The molecule has 0 aliphatic heterocycles. The molecule has 20 heavy (non-hydrogen) atoms. The van der Waals surface area contributed by atoms with Crippen LogP contribution < -0.4 is 0 Å². The normalized spacial score (nSPS) is 12.7. The Bertz CT molecular complexity index is 725. The number of allylic oxidation sites excluding steroid dienone is 1. The molecule has 102 valence electrons. The predicted molar refractivity (Wildman–Crippen MR) is 79.3 cm³/mol. The van der Waals surface area contributed by atoms with Crippen LogP contribution in [0.25, 0.3) is 22.3 Å². The SMILES string of the molecule is C=CCC(CC)n1cc(-c2ncnc3[nH]ccc23)cn1. The van der Waals surface area contributed by atoms with Crippen LogP contribution in [0.15, 0.2) is 43.6 Å². The van der Waals surface area contributed by atoms with Gasteiger partial charge < -0.3 is 4.98 Å². The third-order valence-electron chi connectivity index (χ3n) is 3.51. The molecule has 3 aromatic rings. The number of nitrogens with zero attached hydrogens (tertiary/aromatic N) is 4. The maximum Gasteiger partial charge on any atom is 0.141 e. The van der Waals surface area contributed by atoms with E-state index in [0.717, 1.165) is 35.1 Å². The molecule has 5 heteroatoms. The first-order valence-electron chi connectivity index (χ1n) is 6.77. The van der Waals surface area contributed by atoms with Crippen molar-refractivity contribution in [2.45, 2.75) is 25.8 Å². The van der Waals surface area contributed by atoms with Crippen molar-refractivity contribution >= 4 is 11.0 Å². The maximum atomic E-state index is 4.47. The minimum Gasteiger partial charge on any atom is -0.346 e. The molecule has 3 heterocycles.